The Morgan fingerprint density at radius 1 is 1.50 bits per heavy atom. The zero-order valence-electron chi connectivity index (χ0n) is 8.57. The first-order valence-corrected chi connectivity index (χ1v) is 5.01. The van der Waals surface area contributed by atoms with Crippen molar-refractivity contribution >= 4 is 5.97 Å². The SMILES string of the molecule is O=C(O)CC(N1CCCC1CO)C(F)(F)F. The molecule has 1 aliphatic heterocycles. The first-order chi connectivity index (χ1) is 7.36. The van der Waals surface area contributed by atoms with Crippen LogP contribution in [0.4, 0.5) is 13.2 Å². The highest BCUT2D eigenvalue weighted by atomic mass is 19.4. The molecule has 0 radical (unpaired) electrons. The predicted octanol–water partition coefficient (Wildman–Crippen LogP) is 0.849. The van der Waals surface area contributed by atoms with Crippen LogP contribution in [0.5, 0.6) is 0 Å². The molecular weight excluding hydrogens is 227 g/mol. The molecule has 0 amide bonds. The Hall–Kier alpha value is -0.820. The highest BCUT2D eigenvalue weighted by Gasteiger charge is 2.47. The fraction of sp³-hybridized carbons (Fsp3) is 0.889. The summed E-state index contributed by atoms with van der Waals surface area (Å²) in [4.78, 5) is 11.5. The lowest BCUT2D eigenvalue weighted by Gasteiger charge is -2.32. The van der Waals surface area contributed by atoms with E-state index in [4.69, 9.17) is 10.2 Å². The van der Waals surface area contributed by atoms with Crippen LogP contribution in [-0.4, -0.2) is 52.5 Å². The molecule has 0 saturated carbocycles. The van der Waals surface area contributed by atoms with Crippen molar-refractivity contribution in [3.8, 4) is 0 Å². The number of rotatable bonds is 4. The van der Waals surface area contributed by atoms with E-state index in [0.29, 0.717) is 12.8 Å². The molecule has 2 unspecified atom stereocenters. The fourth-order valence-corrected chi connectivity index (χ4v) is 2.05. The van der Waals surface area contributed by atoms with E-state index < -0.39 is 30.7 Å². The Bertz CT molecular complexity index is 257. The summed E-state index contributed by atoms with van der Waals surface area (Å²) in [6.45, 7) is -0.186. The summed E-state index contributed by atoms with van der Waals surface area (Å²) in [7, 11) is 0. The van der Waals surface area contributed by atoms with Crippen molar-refractivity contribution in [3.05, 3.63) is 0 Å². The number of carboxylic acids is 1. The lowest BCUT2D eigenvalue weighted by molar-refractivity contribution is -0.193. The average Bonchev–Trinajstić information content (AvgIpc) is 2.59. The number of hydrogen-bond donors (Lipinski definition) is 2. The van der Waals surface area contributed by atoms with Crippen LogP contribution in [0.3, 0.4) is 0 Å². The Morgan fingerprint density at radius 3 is 2.56 bits per heavy atom. The molecule has 1 fully saturated rings. The van der Waals surface area contributed by atoms with E-state index in [1.165, 1.54) is 0 Å². The molecule has 1 aliphatic rings. The molecule has 1 heterocycles. The molecule has 2 N–H and O–H groups in total. The molecule has 0 aromatic carbocycles. The van der Waals surface area contributed by atoms with Gasteiger partial charge in [0.1, 0.15) is 6.04 Å². The number of likely N-dealkylation sites (tertiary alicyclic amines) is 1. The van der Waals surface area contributed by atoms with Gasteiger partial charge in [0.25, 0.3) is 0 Å². The van der Waals surface area contributed by atoms with Crippen molar-refractivity contribution in [2.45, 2.75) is 37.5 Å². The third kappa shape index (κ3) is 3.08. The number of alkyl halides is 3. The monoisotopic (exact) mass is 241 g/mol. The second kappa shape index (κ2) is 5.01. The highest BCUT2D eigenvalue weighted by Crippen LogP contribution is 2.32. The van der Waals surface area contributed by atoms with Gasteiger partial charge >= 0.3 is 12.1 Å². The molecule has 0 bridgehead atoms. The molecule has 0 aromatic rings. The quantitative estimate of drug-likeness (QED) is 0.766. The van der Waals surface area contributed by atoms with Gasteiger partial charge in [-0.15, -0.1) is 0 Å². The Morgan fingerprint density at radius 2 is 2.12 bits per heavy atom. The largest absolute Gasteiger partial charge is 0.481 e. The van der Waals surface area contributed by atoms with Gasteiger partial charge in [-0.05, 0) is 19.4 Å². The average molecular weight is 241 g/mol. The van der Waals surface area contributed by atoms with E-state index in [1.54, 1.807) is 0 Å². The van der Waals surface area contributed by atoms with Gasteiger partial charge in [0.2, 0.25) is 0 Å². The van der Waals surface area contributed by atoms with E-state index in [2.05, 4.69) is 0 Å². The molecule has 16 heavy (non-hydrogen) atoms. The van der Waals surface area contributed by atoms with Gasteiger partial charge < -0.3 is 10.2 Å². The van der Waals surface area contributed by atoms with Crippen LogP contribution in [0.25, 0.3) is 0 Å². The van der Waals surface area contributed by atoms with Crippen molar-refractivity contribution in [2.75, 3.05) is 13.2 Å². The third-order valence-corrected chi connectivity index (χ3v) is 2.78. The second-order valence-corrected chi connectivity index (χ2v) is 3.87. The minimum absolute atomic E-state index is 0.183. The first-order valence-electron chi connectivity index (χ1n) is 5.01. The number of aliphatic hydroxyl groups is 1. The molecule has 7 heteroatoms. The number of carboxylic acid groups (broad SMARTS) is 1. The lowest BCUT2D eigenvalue weighted by atomic mass is 10.1. The van der Waals surface area contributed by atoms with Crippen LogP contribution < -0.4 is 0 Å². The van der Waals surface area contributed by atoms with Crippen molar-refractivity contribution in [2.24, 2.45) is 0 Å². The molecule has 2 atom stereocenters. The normalized spacial score (nSPS) is 24.6. The third-order valence-electron chi connectivity index (χ3n) is 2.78. The van der Waals surface area contributed by atoms with Crippen LogP contribution >= 0.6 is 0 Å². The summed E-state index contributed by atoms with van der Waals surface area (Å²) in [5, 5.41) is 17.4. The maximum absolute atomic E-state index is 12.7. The molecule has 1 saturated heterocycles. The number of aliphatic hydroxyl groups excluding tert-OH is 1. The standard InChI is InChI=1S/C9H14F3NO3/c10-9(11,12)7(4-8(15)16)13-3-1-2-6(13)5-14/h6-7,14H,1-5H2,(H,15,16). The number of hydrogen-bond acceptors (Lipinski definition) is 3. The maximum atomic E-state index is 12.7. The summed E-state index contributed by atoms with van der Waals surface area (Å²) in [6.07, 6.45) is -4.52. The van der Waals surface area contributed by atoms with E-state index in [0.717, 1.165) is 4.90 Å². The van der Waals surface area contributed by atoms with Crippen molar-refractivity contribution in [1.82, 2.24) is 4.90 Å². The van der Waals surface area contributed by atoms with Gasteiger partial charge in [0.15, 0.2) is 0 Å². The maximum Gasteiger partial charge on any atom is 0.404 e. The smallest absolute Gasteiger partial charge is 0.404 e. The molecule has 0 aliphatic carbocycles. The second-order valence-electron chi connectivity index (χ2n) is 3.87. The molecule has 4 nitrogen and oxygen atoms in total. The van der Waals surface area contributed by atoms with Gasteiger partial charge in [0, 0.05) is 6.04 Å². The number of aliphatic carboxylic acids is 1. The molecule has 0 spiro atoms. The summed E-state index contributed by atoms with van der Waals surface area (Å²) in [5.41, 5.74) is 0. The van der Waals surface area contributed by atoms with E-state index in [-0.39, 0.29) is 13.2 Å². The summed E-state index contributed by atoms with van der Waals surface area (Å²) >= 11 is 0. The summed E-state index contributed by atoms with van der Waals surface area (Å²) in [5.74, 6) is -1.48. The van der Waals surface area contributed by atoms with Crippen molar-refractivity contribution in [1.29, 1.82) is 0 Å². The van der Waals surface area contributed by atoms with Crippen LogP contribution in [0, 0.1) is 0 Å². The van der Waals surface area contributed by atoms with Gasteiger partial charge in [-0.3, -0.25) is 9.69 Å². The van der Waals surface area contributed by atoms with Gasteiger partial charge in [0.05, 0.1) is 13.0 Å². The zero-order chi connectivity index (χ0) is 12.3. The molecule has 94 valence electrons. The van der Waals surface area contributed by atoms with Crippen LogP contribution in [0.1, 0.15) is 19.3 Å². The van der Waals surface area contributed by atoms with E-state index in [1.807, 2.05) is 0 Å². The minimum Gasteiger partial charge on any atom is -0.481 e. The summed E-state index contributed by atoms with van der Waals surface area (Å²) in [6, 6.07) is -2.57. The highest BCUT2D eigenvalue weighted by molar-refractivity contribution is 5.67. The minimum atomic E-state index is -4.57. The van der Waals surface area contributed by atoms with Gasteiger partial charge in [-0.25, -0.2) is 0 Å². The first kappa shape index (κ1) is 13.2. The number of nitrogens with zero attached hydrogens (tertiary/aromatic N) is 1. The van der Waals surface area contributed by atoms with Crippen molar-refractivity contribution in [3.63, 3.8) is 0 Å². The fourth-order valence-electron chi connectivity index (χ4n) is 2.05. The van der Waals surface area contributed by atoms with Crippen LogP contribution in [0.2, 0.25) is 0 Å². The van der Waals surface area contributed by atoms with Gasteiger partial charge in [-0.1, -0.05) is 0 Å². The van der Waals surface area contributed by atoms with Gasteiger partial charge in [-0.2, -0.15) is 13.2 Å². The topological polar surface area (TPSA) is 60.8 Å². The Labute approximate surface area is 90.7 Å². The zero-order valence-corrected chi connectivity index (χ0v) is 8.57. The van der Waals surface area contributed by atoms with Crippen molar-refractivity contribution < 1.29 is 28.2 Å². The molecule has 1 rings (SSSR count). The molecule has 0 aromatic heterocycles. The number of carbonyl (C=O) groups is 1. The molecular formula is C9H14F3NO3. The summed E-state index contributed by atoms with van der Waals surface area (Å²) < 4.78 is 38.0. The lowest BCUT2D eigenvalue weighted by Crippen LogP contribution is -2.50. The van der Waals surface area contributed by atoms with E-state index in [9.17, 15) is 18.0 Å². The Kier molecular flexibility index (Phi) is 4.15. The van der Waals surface area contributed by atoms with Crippen LogP contribution in [0.15, 0.2) is 0 Å². The van der Waals surface area contributed by atoms with E-state index >= 15 is 0 Å². The Balaban J connectivity index is 2.79. The predicted molar refractivity (Wildman–Crippen MR) is 48.9 cm³/mol. The van der Waals surface area contributed by atoms with Crippen LogP contribution in [-0.2, 0) is 4.79 Å². The number of halogens is 3.